The Balaban J connectivity index is 1.64. The van der Waals surface area contributed by atoms with Crippen molar-refractivity contribution in [3.05, 3.63) is 38.9 Å². The molecule has 1 amide bonds. The number of aromatic nitrogens is 2. The Morgan fingerprint density at radius 2 is 1.85 bits per heavy atom. The van der Waals surface area contributed by atoms with Crippen LogP contribution in [0.2, 0.25) is 0 Å². The number of rotatable bonds is 3. The molecule has 4 rings (SSSR count). The molecule has 0 spiro atoms. The molecule has 2 saturated carbocycles. The van der Waals surface area contributed by atoms with E-state index in [0.29, 0.717) is 27.2 Å². The van der Waals surface area contributed by atoms with Crippen LogP contribution in [0.15, 0.2) is 23.0 Å². The summed E-state index contributed by atoms with van der Waals surface area (Å²) in [6.45, 7) is 2.20. The molecule has 27 heavy (non-hydrogen) atoms. The summed E-state index contributed by atoms with van der Waals surface area (Å²) in [7, 11) is 0. The lowest BCUT2D eigenvalue weighted by Crippen LogP contribution is -2.41. The van der Waals surface area contributed by atoms with Gasteiger partial charge < -0.3 is 10.3 Å². The van der Waals surface area contributed by atoms with Crippen LogP contribution in [0.1, 0.15) is 74.7 Å². The third-order valence-corrected chi connectivity index (χ3v) is 6.61. The predicted octanol–water partition coefficient (Wildman–Crippen LogP) is 4.48. The summed E-state index contributed by atoms with van der Waals surface area (Å²) < 4.78 is 2.19. The Labute approximate surface area is 164 Å². The van der Waals surface area contributed by atoms with E-state index in [9.17, 15) is 9.59 Å². The van der Waals surface area contributed by atoms with Crippen LogP contribution >= 0.6 is 12.2 Å². The lowest BCUT2D eigenvalue weighted by atomic mass is 9.86. The van der Waals surface area contributed by atoms with Gasteiger partial charge in [-0.3, -0.25) is 14.2 Å². The molecule has 0 aliphatic heterocycles. The zero-order valence-electron chi connectivity index (χ0n) is 15.8. The fraction of sp³-hybridized carbons (Fsp3) is 0.571. The first-order valence-electron chi connectivity index (χ1n) is 10.1. The number of aromatic amines is 1. The summed E-state index contributed by atoms with van der Waals surface area (Å²) in [5.74, 6) is 0.433. The van der Waals surface area contributed by atoms with E-state index in [1.165, 1.54) is 12.8 Å². The Bertz CT molecular complexity index is 972. The van der Waals surface area contributed by atoms with Gasteiger partial charge in [0.25, 0.3) is 11.5 Å². The van der Waals surface area contributed by atoms with Crippen molar-refractivity contribution in [2.45, 2.75) is 70.4 Å². The van der Waals surface area contributed by atoms with E-state index >= 15 is 0 Å². The number of fused-ring (bicyclic) bond motifs is 1. The van der Waals surface area contributed by atoms with Crippen molar-refractivity contribution < 1.29 is 4.79 Å². The van der Waals surface area contributed by atoms with E-state index in [1.54, 1.807) is 22.8 Å². The monoisotopic (exact) mass is 385 g/mol. The van der Waals surface area contributed by atoms with Crippen LogP contribution in [0.4, 0.5) is 0 Å². The van der Waals surface area contributed by atoms with Gasteiger partial charge in [-0.25, -0.2) is 0 Å². The minimum absolute atomic E-state index is 0.0477. The highest BCUT2D eigenvalue weighted by Gasteiger charge is 2.24. The quantitative estimate of drug-likeness (QED) is 0.766. The van der Waals surface area contributed by atoms with Crippen molar-refractivity contribution in [1.29, 1.82) is 0 Å². The van der Waals surface area contributed by atoms with Gasteiger partial charge >= 0.3 is 0 Å². The van der Waals surface area contributed by atoms with Crippen LogP contribution in [0.5, 0.6) is 0 Å². The molecular weight excluding hydrogens is 358 g/mol. The average molecular weight is 386 g/mol. The number of hydrogen-bond donors (Lipinski definition) is 2. The molecule has 1 aromatic carbocycles. The maximum Gasteiger partial charge on any atom is 0.262 e. The highest BCUT2D eigenvalue weighted by molar-refractivity contribution is 7.71. The number of H-pyrrole nitrogens is 1. The van der Waals surface area contributed by atoms with E-state index in [1.807, 2.05) is 0 Å². The van der Waals surface area contributed by atoms with Gasteiger partial charge in [-0.2, -0.15) is 0 Å². The van der Waals surface area contributed by atoms with Gasteiger partial charge in [-0.15, -0.1) is 0 Å². The van der Waals surface area contributed by atoms with Crippen LogP contribution in [0.25, 0.3) is 10.9 Å². The second-order valence-corrected chi connectivity index (χ2v) is 8.53. The zero-order valence-corrected chi connectivity index (χ0v) is 16.6. The summed E-state index contributed by atoms with van der Waals surface area (Å²) in [4.78, 5) is 28.8. The van der Waals surface area contributed by atoms with Crippen LogP contribution in [-0.4, -0.2) is 21.5 Å². The maximum absolute atomic E-state index is 13.0. The van der Waals surface area contributed by atoms with Crippen LogP contribution in [-0.2, 0) is 0 Å². The summed E-state index contributed by atoms with van der Waals surface area (Å²) >= 11 is 5.47. The molecular formula is C21H27N3O2S. The van der Waals surface area contributed by atoms with Crippen molar-refractivity contribution in [2.75, 3.05) is 0 Å². The first kappa shape index (κ1) is 18.4. The normalized spacial score (nSPS) is 23.6. The molecule has 5 nitrogen and oxygen atoms in total. The molecule has 2 atom stereocenters. The second-order valence-electron chi connectivity index (χ2n) is 8.15. The van der Waals surface area contributed by atoms with Gasteiger partial charge in [-0.05, 0) is 62.0 Å². The number of nitrogens with zero attached hydrogens (tertiary/aromatic N) is 1. The standard InChI is InChI=1S/C21H27N3O2S/c1-13-6-2-5-9-17(13)22-19(25)14-10-11-16-18(12-14)23-21(27)24(20(16)26)15-7-3-4-8-15/h10-13,15,17H,2-9H2,1H3,(H,22,25)(H,23,27)/t13-,17+/m1/s1. The minimum atomic E-state index is -0.0741. The van der Waals surface area contributed by atoms with Gasteiger partial charge in [0, 0.05) is 17.6 Å². The van der Waals surface area contributed by atoms with Crippen LogP contribution < -0.4 is 10.9 Å². The fourth-order valence-electron chi connectivity index (χ4n) is 4.65. The number of amides is 1. The number of hydrogen-bond acceptors (Lipinski definition) is 3. The predicted molar refractivity (Wildman–Crippen MR) is 110 cm³/mol. The lowest BCUT2D eigenvalue weighted by Gasteiger charge is -2.29. The second kappa shape index (κ2) is 7.58. The van der Waals surface area contributed by atoms with Gasteiger partial charge in [0.15, 0.2) is 4.77 Å². The molecule has 0 saturated heterocycles. The van der Waals surface area contributed by atoms with Crippen LogP contribution in [0.3, 0.4) is 0 Å². The molecule has 144 valence electrons. The van der Waals surface area contributed by atoms with E-state index in [2.05, 4.69) is 17.2 Å². The number of benzene rings is 1. The third-order valence-electron chi connectivity index (χ3n) is 6.31. The molecule has 2 aromatic rings. The van der Waals surface area contributed by atoms with E-state index in [0.717, 1.165) is 38.5 Å². The topological polar surface area (TPSA) is 66.9 Å². The van der Waals surface area contributed by atoms with Gasteiger partial charge in [0.1, 0.15) is 0 Å². The van der Waals surface area contributed by atoms with Crippen molar-refractivity contribution in [2.24, 2.45) is 5.92 Å². The smallest absolute Gasteiger partial charge is 0.262 e. The Morgan fingerprint density at radius 1 is 1.15 bits per heavy atom. The van der Waals surface area contributed by atoms with E-state index < -0.39 is 0 Å². The van der Waals surface area contributed by atoms with E-state index in [-0.39, 0.29) is 23.6 Å². The summed E-state index contributed by atoms with van der Waals surface area (Å²) in [5.41, 5.74) is 1.17. The molecule has 1 aromatic heterocycles. The Hall–Kier alpha value is -1.95. The van der Waals surface area contributed by atoms with Gasteiger partial charge in [-0.1, -0.05) is 32.6 Å². The van der Waals surface area contributed by atoms with Crippen LogP contribution in [0, 0.1) is 10.7 Å². The van der Waals surface area contributed by atoms with Gasteiger partial charge in [0.2, 0.25) is 0 Å². The molecule has 2 fully saturated rings. The maximum atomic E-state index is 13.0. The first-order chi connectivity index (χ1) is 13.0. The third kappa shape index (κ3) is 3.59. The van der Waals surface area contributed by atoms with Crippen molar-refractivity contribution in [3.8, 4) is 0 Å². The van der Waals surface area contributed by atoms with Crippen molar-refractivity contribution >= 4 is 29.0 Å². The molecule has 1 heterocycles. The van der Waals surface area contributed by atoms with Crippen molar-refractivity contribution in [1.82, 2.24) is 14.9 Å². The van der Waals surface area contributed by atoms with Gasteiger partial charge in [0.05, 0.1) is 10.9 Å². The molecule has 0 radical (unpaired) electrons. The lowest BCUT2D eigenvalue weighted by molar-refractivity contribution is 0.0910. The number of carbonyl (C=O) groups is 1. The fourth-order valence-corrected chi connectivity index (χ4v) is 4.99. The van der Waals surface area contributed by atoms with Crippen molar-refractivity contribution in [3.63, 3.8) is 0 Å². The zero-order chi connectivity index (χ0) is 19.0. The Morgan fingerprint density at radius 3 is 2.59 bits per heavy atom. The summed E-state index contributed by atoms with van der Waals surface area (Å²) in [6, 6.07) is 5.70. The summed E-state index contributed by atoms with van der Waals surface area (Å²) in [6.07, 6.45) is 8.90. The average Bonchev–Trinajstić information content (AvgIpc) is 3.17. The molecule has 2 N–H and O–H groups in total. The largest absolute Gasteiger partial charge is 0.349 e. The molecule has 2 aliphatic carbocycles. The highest BCUT2D eigenvalue weighted by Crippen LogP contribution is 2.29. The summed E-state index contributed by atoms with van der Waals surface area (Å²) in [5, 5.41) is 3.77. The first-order valence-corrected chi connectivity index (χ1v) is 10.5. The number of nitrogens with one attached hydrogen (secondary N) is 2. The molecule has 0 unspecified atom stereocenters. The highest BCUT2D eigenvalue weighted by atomic mass is 32.1. The SMILES string of the molecule is C[C@@H]1CCCC[C@@H]1NC(=O)c1ccc2c(=O)n(C3CCCC3)c(=S)[nH]c2c1. The minimum Gasteiger partial charge on any atom is -0.349 e. The molecule has 0 bridgehead atoms. The number of carbonyl (C=O) groups excluding carboxylic acids is 1. The molecule has 2 aliphatic rings. The Kier molecular flexibility index (Phi) is 5.17. The molecule has 6 heteroatoms. The van der Waals surface area contributed by atoms with E-state index in [4.69, 9.17) is 12.2 Å².